The largest absolute Gasteiger partial charge is 0.163 e. The minimum atomic E-state index is 0.993. The van der Waals surface area contributed by atoms with Crippen molar-refractivity contribution < 1.29 is 0 Å². The first-order chi connectivity index (χ1) is 3.00. The highest BCUT2D eigenvalue weighted by atomic mass is 32.2. The summed E-state index contributed by atoms with van der Waals surface area (Å²) in [7, 11) is 0. The van der Waals surface area contributed by atoms with E-state index in [0.717, 1.165) is 5.08 Å². The summed E-state index contributed by atoms with van der Waals surface area (Å²) >= 11 is 3.11. The lowest BCUT2D eigenvalue weighted by molar-refractivity contribution is 1.49. The molecule has 1 heterocycles. The van der Waals surface area contributed by atoms with E-state index in [9.17, 15) is 0 Å². The zero-order chi connectivity index (χ0) is 4.24. The number of hydrogen-bond donors (Lipinski definition) is 0. The van der Waals surface area contributed by atoms with Crippen LogP contribution in [-0.2, 0) is 0 Å². The van der Waals surface area contributed by atoms with Gasteiger partial charge in [-0.1, -0.05) is 11.8 Å². The average Bonchev–Trinajstić information content (AvgIpc) is 1.72. The fourth-order valence-corrected chi connectivity index (χ4v) is 1.10. The van der Waals surface area contributed by atoms with Gasteiger partial charge in [0.25, 0.3) is 0 Å². The number of thioether (sulfide) groups is 1. The molecule has 1 aliphatic heterocycles. The first-order valence-electron chi connectivity index (χ1n) is 1.44. The molecule has 6 heavy (non-hydrogen) atoms. The molecule has 0 amide bonds. The van der Waals surface area contributed by atoms with Crippen molar-refractivity contribution in [3.05, 3.63) is 0 Å². The van der Waals surface area contributed by atoms with Crippen molar-refractivity contribution >= 4 is 23.7 Å². The van der Waals surface area contributed by atoms with Crippen LogP contribution in [0.5, 0.6) is 0 Å². The van der Waals surface area contributed by atoms with Crippen molar-refractivity contribution in [2.45, 2.75) is 0 Å². The third kappa shape index (κ3) is 1.04. The number of rotatable bonds is 0. The molecule has 0 aromatic heterocycles. The summed E-state index contributed by atoms with van der Waals surface area (Å²) in [6, 6.07) is 2.59. The van der Waals surface area contributed by atoms with Gasteiger partial charge in [-0.25, -0.2) is 0 Å². The summed E-state index contributed by atoms with van der Waals surface area (Å²) < 4.78 is 3.71. The summed E-state index contributed by atoms with van der Waals surface area (Å²) in [5, 5.41) is 3.76. The van der Waals surface area contributed by atoms with Crippen LogP contribution in [0.1, 0.15) is 0 Å². The molecule has 0 atom stereocenters. The zero-order valence-electron chi connectivity index (χ0n) is 2.97. The second-order valence-electron chi connectivity index (χ2n) is 0.696. The SMILES string of the molecule is C1#CSCS[N]1. The van der Waals surface area contributed by atoms with Crippen LogP contribution in [0.4, 0.5) is 0 Å². The fourth-order valence-electron chi connectivity index (χ4n) is 0.165. The lowest BCUT2D eigenvalue weighted by atomic mass is 11.2. The van der Waals surface area contributed by atoms with Crippen LogP contribution < -0.4 is 4.72 Å². The van der Waals surface area contributed by atoms with E-state index in [1.54, 1.807) is 11.8 Å². The third-order valence-electron chi connectivity index (χ3n) is 0.340. The normalized spacial score (nSPS) is 17.3. The average molecular weight is 116 g/mol. The van der Waals surface area contributed by atoms with Gasteiger partial charge in [0, 0.05) is 0 Å². The van der Waals surface area contributed by atoms with Crippen LogP contribution in [0.15, 0.2) is 0 Å². The second kappa shape index (κ2) is 2.27. The Balaban J connectivity index is 2.36. The second-order valence-corrected chi connectivity index (χ2v) is 2.57. The molecular weight excluding hydrogens is 114 g/mol. The Morgan fingerprint density at radius 3 is 2.83 bits per heavy atom. The van der Waals surface area contributed by atoms with Gasteiger partial charge >= 0.3 is 0 Å². The molecule has 0 fully saturated rings. The minimum absolute atomic E-state index is 0.993. The molecule has 0 spiro atoms. The molecule has 1 radical (unpaired) electrons. The van der Waals surface area contributed by atoms with Gasteiger partial charge < -0.3 is 0 Å². The van der Waals surface area contributed by atoms with Crippen molar-refractivity contribution in [1.29, 1.82) is 0 Å². The van der Waals surface area contributed by atoms with Gasteiger partial charge in [-0.2, -0.15) is 4.72 Å². The van der Waals surface area contributed by atoms with Crippen LogP contribution in [0, 0.1) is 11.3 Å². The number of nitrogens with zero attached hydrogens (tertiary/aromatic N) is 1. The van der Waals surface area contributed by atoms with Crippen molar-refractivity contribution in [1.82, 2.24) is 4.72 Å². The smallest absolute Gasteiger partial charge is 0.0743 e. The van der Waals surface area contributed by atoms with Gasteiger partial charge in [-0.05, 0) is 17.2 Å². The van der Waals surface area contributed by atoms with Crippen molar-refractivity contribution in [2.75, 3.05) is 5.08 Å². The predicted molar refractivity (Wildman–Crippen MR) is 30.0 cm³/mol. The molecule has 1 aliphatic rings. The van der Waals surface area contributed by atoms with Crippen LogP contribution in [0.25, 0.3) is 0 Å². The first-order valence-corrected chi connectivity index (χ1v) is 3.37. The Bertz CT molecular complexity index is 80.7. The van der Waals surface area contributed by atoms with E-state index in [-0.39, 0.29) is 0 Å². The van der Waals surface area contributed by atoms with Crippen molar-refractivity contribution in [3.8, 4) is 11.3 Å². The minimum Gasteiger partial charge on any atom is -0.163 e. The van der Waals surface area contributed by atoms with Gasteiger partial charge in [0.2, 0.25) is 0 Å². The van der Waals surface area contributed by atoms with E-state index in [1.807, 2.05) is 0 Å². The van der Waals surface area contributed by atoms with Crippen LogP contribution in [0.2, 0.25) is 0 Å². The highest BCUT2D eigenvalue weighted by Crippen LogP contribution is 2.10. The van der Waals surface area contributed by atoms with Gasteiger partial charge in [-0.3, -0.25) is 0 Å². The van der Waals surface area contributed by atoms with Crippen molar-refractivity contribution in [3.63, 3.8) is 0 Å². The van der Waals surface area contributed by atoms with E-state index < -0.39 is 0 Å². The quantitative estimate of drug-likeness (QED) is 0.344. The zero-order valence-corrected chi connectivity index (χ0v) is 4.60. The maximum Gasteiger partial charge on any atom is 0.0743 e. The van der Waals surface area contributed by atoms with E-state index in [0.29, 0.717) is 0 Å². The van der Waals surface area contributed by atoms with Crippen LogP contribution in [0.3, 0.4) is 0 Å². The van der Waals surface area contributed by atoms with Gasteiger partial charge in [0.05, 0.1) is 11.1 Å². The molecule has 0 unspecified atom stereocenters. The summed E-state index contributed by atoms with van der Waals surface area (Å²) in [5.41, 5.74) is 0. The van der Waals surface area contributed by atoms with Crippen LogP contribution >= 0.6 is 23.7 Å². The molecule has 0 saturated heterocycles. The third-order valence-corrected chi connectivity index (χ3v) is 1.69. The summed E-state index contributed by atoms with van der Waals surface area (Å²) in [5.74, 6) is 0. The summed E-state index contributed by atoms with van der Waals surface area (Å²) in [4.78, 5) is 0. The summed E-state index contributed by atoms with van der Waals surface area (Å²) in [6.07, 6.45) is 0. The Kier molecular flexibility index (Phi) is 1.60. The lowest BCUT2D eigenvalue weighted by Gasteiger charge is -1.91. The monoisotopic (exact) mass is 116 g/mol. The van der Waals surface area contributed by atoms with E-state index in [1.165, 1.54) is 11.9 Å². The maximum atomic E-state index is 3.71. The highest BCUT2D eigenvalue weighted by molar-refractivity contribution is 8.17. The molecule has 0 N–H and O–H groups in total. The standard InChI is InChI=1S/C3H2NS2/c1-2-5-3-6-4-1/h3H2. The van der Waals surface area contributed by atoms with E-state index >= 15 is 0 Å². The van der Waals surface area contributed by atoms with Crippen molar-refractivity contribution in [2.24, 2.45) is 0 Å². The topological polar surface area (TPSA) is 14.1 Å². The first kappa shape index (κ1) is 4.23. The van der Waals surface area contributed by atoms with Gasteiger partial charge in [-0.15, -0.1) is 0 Å². The van der Waals surface area contributed by atoms with Gasteiger partial charge in [0.15, 0.2) is 0 Å². The Morgan fingerprint density at radius 2 is 2.67 bits per heavy atom. The molecule has 0 aromatic carbocycles. The molecule has 0 bridgehead atoms. The molecule has 1 rings (SSSR count). The Hall–Kier alpha value is 0.0600. The number of hydrogen-bond acceptors (Lipinski definition) is 2. The Morgan fingerprint density at radius 1 is 1.67 bits per heavy atom. The molecule has 0 aliphatic carbocycles. The van der Waals surface area contributed by atoms with E-state index in [2.05, 4.69) is 16.0 Å². The molecule has 1 nitrogen and oxygen atoms in total. The van der Waals surface area contributed by atoms with E-state index in [4.69, 9.17) is 0 Å². The molecule has 3 heteroatoms. The fraction of sp³-hybridized carbons (Fsp3) is 0.333. The maximum absolute atomic E-state index is 3.71. The summed E-state index contributed by atoms with van der Waals surface area (Å²) in [6.45, 7) is 0. The lowest BCUT2D eigenvalue weighted by Crippen LogP contribution is -1.85. The molecular formula is C3H2NS2. The highest BCUT2D eigenvalue weighted by Gasteiger charge is 1.88. The molecule has 0 saturated carbocycles. The Labute approximate surface area is 45.4 Å². The molecule has 31 valence electrons. The van der Waals surface area contributed by atoms with Gasteiger partial charge in [0.1, 0.15) is 0 Å². The van der Waals surface area contributed by atoms with Crippen LogP contribution in [-0.4, -0.2) is 5.08 Å². The molecule has 0 aromatic rings. The predicted octanol–water partition coefficient (Wildman–Crippen LogP) is 0.862.